The fourth-order valence-corrected chi connectivity index (χ4v) is 1.76. The van der Waals surface area contributed by atoms with Crippen molar-refractivity contribution in [2.24, 2.45) is 0 Å². The molecular weight excluding hydrogens is 230 g/mol. The van der Waals surface area contributed by atoms with Gasteiger partial charge in [0.05, 0.1) is 26.3 Å². The van der Waals surface area contributed by atoms with E-state index in [1.165, 1.54) is 0 Å². The van der Waals surface area contributed by atoms with Crippen LogP contribution < -0.4 is 10.6 Å². The van der Waals surface area contributed by atoms with Gasteiger partial charge >= 0.3 is 6.09 Å². The minimum Gasteiger partial charge on any atom is -0.442 e. The minimum absolute atomic E-state index is 0.165. The van der Waals surface area contributed by atoms with Crippen molar-refractivity contribution in [3.05, 3.63) is 0 Å². The topological polar surface area (TPSA) is 62.8 Å². The summed E-state index contributed by atoms with van der Waals surface area (Å²) in [5.74, 6) is 0. The van der Waals surface area contributed by atoms with Crippen LogP contribution >= 0.6 is 12.2 Å². The highest BCUT2D eigenvalue weighted by Crippen LogP contribution is 2.03. The Hall–Kier alpha value is -1.08. The van der Waals surface area contributed by atoms with Crippen LogP contribution in [0.25, 0.3) is 0 Å². The molecule has 1 amide bonds. The molecule has 2 heterocycles. The fraction of sp³-hybridized carbons (Fsp3) is 0.778. The van der Waals surface area contributed by atoms with Crippen LogP contribution in [0.1, 0.15) is 0 Å². The summed E-state index contributed by atoms with van der Waals surface area (Å²) in [6, 6.07) is 0. The molecule has 0 spiro atoms. The average molecular weight is 245 g/mol. The summed E-state index contributed by atoms with van der Waals surface area (Å²) in [5.41, 5.74) is 0. The molecule has 0 unspecified atom stereocenters. The minimum atomic E-state index is -0.273. The molecule has 90 valence electrons. The lowest BCUT2D eigenvalue weighted by Crippen LogP contribution is -2.53. The maximum atomic E-state index is 11.7. The Balaban J connectivity index is 1.75. The lowest BCUT2D eigenvalue weighted by Gasteiger charge is -2.30. The first-order valence-corrected chi connectivity index (χ1v) is 5.71. The second-order valence-corrected chi connectivity index (χ2v) is 4.10. The molecule has 2 fully saturated rings. The molecule has 0 aromatic carbocycles. The summed E-state index contributed by atoms with van der Waals surface area (Å²) in [6.45, 7) is 3.51. The highest BCUT2D eigenvalue weighted by Gasteiger charge is 2.24. The van der Waals surface area contributed by atoms with Crippen LogP contribution in [0.5, 0.6) is 0 Å². The summed E-state index contributed by atoms with van der Waals surface area (Å²) in [6.07, 6.45) is -0.438. The largest absolute Gasteiger partial charge is 0.442 e. The highest BCUT2D eigenvalue weighted by atomic mass is 32.1. The molecule has 2 aliphatic heterocycles. The predicted molar refractivity (Wildman–Crippen MR) is 61.3 cm³/mol. The zero-order valence-corrected chi connectivity index (χ0v) is 9.72. The molecule has 0 radical (unpaired) electrons. The molecule has 0 aromatic rings. The second-order valence-electron chi connectivity index (χ2n) is 3.70. The van der Waals surface area contributed by atoms with E-state index >= 15 is 0 Å². The molecule has 2 N–H and O–H groups in total. The Bertz CT molecular complexity index is 271. The van der Waals surface area contributed by atoms with E-state index < -0.39 is 0 Å². The first-order chi connectivity index (χ1) is 7.75. The van der Waals surface area contributed by atoms with Gasteiger partial charge in [0.1, 0.15) is 6.10 Å². The van der Waals surface area contributed by atoms with E-state index in [4.69, 9.17) is 21.7 Å². The molecule has 6 nitrogen and oxygen atoms in total. The zero-order chi connectivity index (χ0) is 11.4. The van der Waals surface area contributed by atoms with Crippen molar-refractivity contribution >= 4 is 23.4 Å². The fourth-order valence-electron chi connectivity index (χ4n) is 1.59. The molecule has 2 rings (SSSR count). The number of morpholine rings is 1. The van der Waals surface area contributed by atoms with Crippen molar-refractivity contribution < 1.29 is 14.3 Å². The van der Waals surface area contributed by atoms with Gasteiger partial charge < -0.3 is 25.0 Å². The second kappa shape index (κ2) is 5.31. The Morgan fingerprint density at radius 2 is 2.00 bits per heavy atom. The van der Waals surface area contributed by atoms with Crippen LogP contribution in [0.15, 0.2) is 0 Å². The average Bonchev–Trinajstić information content (AvgIpc) is 2.33. The monoisotopic (exact) mass is 245 g/mol. The molecule has 0 atom stereocenters. The highest BCUT2D eigenvalue weighted by molar-refractivity contribution is 7.80. The third kappa shape index (κ3) is 2.96. The number of rotatable bonds is 1. The van der Waals surface area contributed by atoms with Crippen molar-refractivity contribution in [2.75, 3.05) is 39.4 Å². The van der Waals surface area contributed by atoms with Gasteiger partial charge in [0.25, 0.3) is 0 Å². The van der Waals surface area contributed by atoms with E-state index in [1.807, 2.05) is 0 Å². The number of carbonyl (C=O) groups is 1. The molecule has 2 saturated heterocycles. The van der Waals surface area contributed by atoms with Crippen LogP contribution in [0, 0.1) is 0 Å². The number of hydrogen-bond acceptors (Lipinski definition) is 4. The van der Waals surface area contributed by atoms with Gasteiger partial charge in [-0.15, -0.1) is 0 Å². The van der Waals surface area contributed by atoms with Gasteiger partial charge in [-0.25, -0.2) is 4.79 Å². The lowest BCUT2D eigenvalue weighted by molar-refractivity contribution is 0.0131. The molecule has 7 heteroatoms. The van der Waals surface area contributed by atoms with E-state index in [2.05, 4.69) is 10.6 Å². The lowest BCUT2D eigenvalue weighted by atomic mass is 10.3. The maximum Gasteiger partial charge on any atom is 0.410 e. The SMILES string of the molecule is O=C(OC1CNC(=S)NC1)N1CCOCC1. The van der Waals surface area contributed by atoms with Gasteiger partial charge in [0, 0.05) is 13.1 Å². The molecule has 0 bridgehead atoms. The van der Waals surface area contributed by atoms with Crippen LogP contribution in [-0.2, 0) is 9.47 Å². The molecule has 16 heavy (non-hydrogen) atoms. The first kappa shape index (κ1) is 11.4. The molecule has 0 saturated carbocycles. The third-order valence-corrected chi connectivity index (χ3v) is 2.81. The van der Waals surface area contributed by atoms with Crippen molar-refractivity contribution in [3.8, 4) is 0 Å². The van der Waals surface area contributed by atoms with Crippen LogP contribution in [0.3, 0.4) is 0 Å². The van der Waals surface area contributed by atoms with Crippen LogP contribution in [-0.4, -0.2) is 61.6 Å². The molecule has 0 aromatic heterocycles. The summed E-state index contributed by atoms with van der Waals surface area (Å²) >= 11 is 4.91. The predicted octanol–water partition coefficient (Wildman–Crippen LogP) is -0.698. The number of nitrogens with zero attached hydrogens (tertiary/aromatic N) is 1. The Morgan fingerprint density at radius 3 is 2.62 bits per heavy atom. The summed E-state index contributed by atoms with van der Waals surface area (Å²) in [5, 5.41) is 6.49. The van der Waals surface area contributed by atoms with Crippen LogP contribution in [0.4, 0.5) is 4.79 Å². The van der Waals surface area contributed by atoms with Gasteiger partial charge in [0.2, 0.25) is 0 Å². The number of amides is 1. The molecule has 2 aliphatic rings. The van der Waals surface area contributed by atoms with E-state index in [0.717, 1.165) is 0 Å². The van der Waals surface area contributed by atoms with Crippen molar-refractivity contribution in [3.63, 3.8) is 0 Å². The van der Waals surface area contributed by atoms with E-state index in [9.17, 15) is 4.79 Å². The molecular formula is C9H15N3O3S. The Labute approximate surface area is 99.3 Å². The van der Waals surface area contributed by atoms with Gasteiger partial charge in [-0.05, 0) is 12.2 Å². The Kier molecular flexibility index (Phi) is 3.79. The third-order valence-electron chi connectivity index (χ3n) is 2.52. The van der Waals surface area contributed by atoms with Gasteiger partial charge in [-0.1, -0.05) is 0 Å². The number of hydrogen-bond donors (Lipinski definition) is 2. The van der Waals surface area contributed by atoms with E-state index in [0.29, 0.717) is 44.5 Å². The smallest absolute Gasteiger partial charge is 0.410 e. The van der Waals surface area contributed by atoms with Crippen molar-refractivity contribution in [1.82, 2.24) is 15.5 Å². The zero-order valence-electron chi connectivity index (χ0n) is 8.90. The number of nitrogens with one attached hydrogen (secondary N) is 2. The number of ether oxygens (including phenoxy) is 2. The van der Waals surface area contributed by atoms with Crippen LogP contribution in [0.2, 0.25) is 0 Å². The maximum absolute atomic E-state index is 11.7. The summed E-state index contributed by atoms with van der Waals surface area (Å²) < 4.78 is 10.5. The normalized spacial score (nSPS) is 22.2. The van der Waals surface area contributed by atoms with Gasteiger partial charge in [0.15, 0.2) is 5.11 Å². The van der Waals surface area contributed by atoms with Gasteiger partial charge in [-0.3, -0.25) is 0 Å². The van der Waals surface area contributed by atoms with E-state index in [1.54, 1.807) is 4.90 Å². The number of carbonyl (C=O) groups excluding carboxylic acids is 1. The number of thiocarbonyl (C=S) groups is 1. The van der Waals surface area contributed by atoms with Crippen molar-refractivity contribution in [1.29, 1.82) is 0 Å². The Morgan fingerprint density at radius 1 is 1.38 bits per heavy atom. The first-order valence-electron chi connectivity index (χ1n) is 5.31. The van der Waals surface area contributed by atoms with Crippen molar-refractivity contribution in [2.45, 2.75) is 6.10 Å². The standard InChI is InChI=1S/C9H15N3O3S/c13-9(12-1-3-14-4-2-12)15-7-5-10-8(16)11-6-7/h7H,1-6H2,(H2,10,11,16). The summed E-state index contributed by atoms with van der Waals surface area (Å²) in [4.78, 5) is 13.4. The summed E-state index contributed by atoms with van der Waals surface area (Å²) in [7, 11) is 0. The van der Waals surface area contributed by atoms with E-state index in [-0.39, 0.29) is 12.2 Å². The quantitative estimate of drug-likeness (QED) is 0.596. The molecule has 0 aliphatic carbocycles. The van der Waals surface area contributed by atoms with Gasteiger partial charge in [-0.2, -0.15) is 0 Å².